The van der Waals surface area contributed by atoms with E-state index in [1.54, 1.807) is 0 Å². The molecule has 0 bridgehead atoms. The standard InChI is InChI=1S/C29H35N7O2/c1-2-21-10-11-26-23(17-21)18-25(29(37)30-26)27(28-31-32-33-36(28)20-24-9-6-16-38-24)35-14-12-34(13-15-35)19-22-7-4-3-5-8-22/h3-5,7-8,10-11,17-18,24,27H,2,6,9,12-16,19-20H2,1H3,(H,30,37). The van der Waals surface area contributed by atoms with Gasteiger partial charge in [-0.15, -0.1) is 5.10 Å². The van der Waals surface area contributed by atoms with E-state index >= 15 is 0 Å². The van der Waals surface area contributed by atoms with Crippen LogP contribution in [0.5, 0.6) is 0 Å². The Morgan fingerprint density at radius 1 is 1.05 bits per heavy atom. The van der Waals surface area contributed by atoms with Gasteiger partial charge in [-0.25, -0.2) is 4.68 Å². The van der Waals surface area contributed by atoms with Crippen molar-refractivity contribution in [3.8, 4) is 0 Å². The van der Waals surface area contributed by atoms with Gasteiger partial charge >= 0.3 is 0 Å². The van der Waals surface area contributed by atoms with Crippen molar-refractivity contribution >= 4 is 10.9 Å². The van der Waals surface area contributed by atoms with E-state index in [0.717, 1.165) is 69.5 Å². The maximum atomic E-state index is 13.5. The largest absolute Gasteiger partial charge is 0.376 e. The molecule has 0 radical (unpaired) electrons. The minimum Gasteiger partial charge on any atom is -0.376 e. The first-order valence-corrected chi connectivity index (χ1v) is 13.7. The number of H-pyrrole nitrogens is 1. The molecule has 2 fully saturated rings. The highest BCUT2D eigenvalue weighted by Gasteiger charge is 2.33. The number of hydrogen-bond donors (Lipinski definition) is 1. The Morgan fingerprint density at radius 2 is 1.89 bits per heavy atom. The molecule has 2 aromatic carbocycles. The Hall–Kier alpha value is -3.40. The molecule has 4 aromatic rings. The highest BCUT2D eigenvalue weighted by molar-refractivity contribution is 5.80. The van der Waals surface area contributed by atoms with Gasteiger partial charge in [0.25, 0.3) is 5.56 Å². The van der Waals surface area contributed by atoms with Crippen LogP contribution in [-0.2, 0) is 24.2 Å². The summed E-state index contributed by atoms with van der Waals surface area (Å²) in [5.74, 6) is 0.702. The van der Waals surface area contributed by atoms with Gasteiger partial charge in [0.2, 0.25) is 0 Å². The first-order valence-electron chi connectivity index (χ1n) is 13.7. The van der Waals surface area contributed by atoms with Crippen molar-refractivity contribution in [2.24, 2.45) is 0 Å². The number of hydrogen-bond acceptors (Lipinski definition) is 7. The highest BCUT2D eigenvalue weighted by atomic mass is 16.5. The van der Waals surface area contributed by atoms with Crippen molar-refractivity contribution in [1.82, 2.24) is 35.0 Å². The fourth-order valence-corrected chi connectivity index (χ4v) is 5.74. The van der Waals surface area contributed by atoms with Crippen LogP contribution in [0, 0.1) is 0 Å². The normalized spacial score (nSPS) is 19.8. The third kappa shape index (κ3) is 5.27. The Balaban J connectivity index is 1.33. The van der Waals surface area contributed by atoms with E-state index in [1.807, 2.05) is 16.8 Å². The van der Waals surface area contributed by atoms with E-state index in [1.165, 1.54) is 11.1 Å². The number of tetrazole rings is 1. The van der Waals surface area contributed by atoms with Gasteiger partial charge in [0.1, 0.15) is 6.04 Å². The summed E-state index contributed by atoms with van der Waals surface area (Å²) < 4.78 is 7.74. The van der Waals surface area contributed by atoms with E-state index in [9.17, 15) is 4.79 Å². The highest BCUT2D eigenvalue weighted by Crippen LogP contribution is 2.29. The molecule has 4 heterocycles. The summed E-state index contributed by atoms with van der Waals surface area (Å²) in [5.41, 5.74) is 4.00. The number of ether oxygens (including phenoxy) is 1. The first kappa shape index (κ1) is 24.9. The molecule has 0 saturated carbocycles. The molecule has 9 heteroatoms. The van der Waals surface area contributed by atoms with Crippen LogP contribution in [0.15, 0.2) is 59.4 Å². The topological polar surface area (TPSA) is 92.2 Å². The number of aromatic amines is 1. The van der Waals surface area contributed by atoms with Gasteiger partial charge in [0, 0.05) is 50.4 Å². The lowest BCUT2D eigenvalue weighted by Gasteiger charge is -2.38. The molecule has 0 aliphatic carbocycles. The predicted octanol–water partition coefficient (Wildman–Crippen LogP) is 3.16. The molecular weight excluding hydrogens is 478 g/mol. The molecule has 38 heavy (non-hydrogen) atoms. The summed E-state index contributed by atoms with van der Waals surface area (Å²) in [5, 5.41) is 13.9. The van der Waals surface area contributed by atoms with Crippen molar-refractivity contribution in [3.63, 3.8) is 0 Å². The second-order valence-corrected chi connectivity index (χ2v) is 10.4. The van der Waals surface area contributed by atoms with Crippen molar-refractivity contribution in [2.75, 3.05) is 32.8 Å². The van der Waals surface area contributed by atoms with Gasteiger partial charge in [-0.3, -0.25) is 14.6 Å². The lowest BCUT2D eigenvalue weighted by Crippen LogP contribution is -2.48. The number of nitrogens with zero attached hydrogens (tertiary/aromatic N) is 6. The number of nitrogens with one attached hydrogen (secondary N) is 1. The van der Waals surface area contributed by atoms with Crippen LogP contribution >= 0.6 is 0 Å². The van der Waals surface area contributed by atoms with E-state index in [0.29, 0.717) is 17.9 Å². The number of fused-ring (bicyclic) bond motifs is 1. The molecule has 9 nitrogen and oxygen atoms in total. The fraction of sp³-hybridized carbons (Fsp3) is 0.448. The molecular formula is C29H35N7O2. The smallest absolute Gasteiger partial charge is 0.253 e. The summed E-state index contributed by atoms with van der Waals surface area (Å²) in [4.78, 5) is 21.5. The van der Waals surface area contributed by atoms with Gasteiger partial charge < -0.3 is 9.72 Å². The van der Waals surface area contributed by atoms with Gasteiger partial charge in [-0.1, -0.05) is 43.3 Å². The van der Waals surface area contributed by atoms with Crippen molar-refractivity contribution < 1.29 is 4.74 Å². The molecule has 2 aromatic heterocycles. The Labute approximate surface area is 222 Å². The minimum atomic E-state index is -0.344. The van der Waals surface area contributed by atoms with Crippen LogP contribution in [0.2, 0.25) is 0 Å². The van der Waals surface area contributed by atoms with Crippen LogP contribution < -0.4 is 5.56 Å². The van der Waals surface area contributed by atoms with Gasteiger partial charge in [-0.05, 0) is 64.4 Å². The maximum Gasteiger partial charge on any atom is 0.253 e. The second-order valence-electron chi connectivity index (χ2n) is 10.4. The molecule has 2 atom stereocenters. The molecule has 6 rings (SSSR count). The minimum absolute atomic E-state index is 0.0925. The first-order chi connectivity index (χ1) is 18.7. The summed E-state index contributed by atoms with van der Waals surface area (Å²) >= 11 is 0. The third-order valence-electron chi connectivity index (χ3n) is 7.87. The lowest BCUT2D eigenvalue weighted by molar-refractivity contribution is 0.0840. The Kier molecular flexibility index (Phi) is 7.31. The molecule has 1 N–H and O–H groups in total. The SMILES string of the molecule is CCc1ccc2[nH]c(=O)c(C(c3nnnn3CC3CCCO3)N3CCN(Cc4ccccc4)CC3)cc2c1. The zero-order valence-corrected chi connectivity index (χ0v) is 21.9. The maximum absolute atomic E-state index is 13.5. The molecule has 2 unspecified atom stereocenters. The number of aryl methyl sites for hydroxylation is 1. The zero-order valence-electron chi connectivity index (χ0n) is 21.9. The molecule has 2 aliphatic rings. The molecule has 198 valence electrons. The summed E-state index contributed by atoms with van der Waals surface area (Å²) in [6.45, 7) is 7.89. The van der Waals surface area contributed by atoms with Crippen LogP contribution in [0.1, 0.15) is 48.3 Å². The molecule has 0 amide bonds. The quantitative estimate of drug-likeness (QED) is 0.387. The summed E-state index contributed by atoms with van der Waals surface area (Å²) in [6.07, 6.45) is 3.09. The van der Waals surface area contributed by atoms with E-state index in [-0.39, 0.29) is 17.7 Å². The van der Waals surface area contributed by atoms with E-state index < -0.39 is 0 Å². The number of benzene rings is 2. The fourth-order valence-electron chi connectivity index (χ4n) is 5.74. The van der Waals surface area contributed by atoms with Crippen LogP contribution in [0.4, 0.5) is 0 Å². The van der Waals surface area contributed by atoms with E-state index in [4.69, 9.17) is 4.74 Å². The third-order valence-corrected chi connectivity index (χ3v) is 7.87. The van der Waals surface area contributed by atoms with E-state index in [2.05, 4.69) is 79.7 Å². The summed E-state index contributed by atoms with van der Waals surface area (Å²) in [7, 11) is 0. The Morgan fingerprint density at radius 3 is 2.66 bits per heavy atom. The lowest BCUT2D eigenvalue weighted by atomic mass is 10.0. The number of aromatic nitrogens is 5. The Bertz CT molecular complexity index is 1420. The average molecular weight is 514 g/mol. The van der Waals surface area contributed by atoms with Gasteiger partial charge in [0.15, 0.2) is 5.82 Å². The molecule has 2 saturated heterocycles. The average Bonchev–Trinajstić information content (AvgIpc) is 3.63. The second kappa shape index (κ2) is 11.1. The van der Waals surface area contributed by atoms with Crippen molar-refractivity contribution in [1.29, 1.82) is 0 Å². The number of rotatable bonds is 8. The predicted molar refractivity (Wildman–Crippen MR) is 146 cm³/mol. The van der Waals surface area contributed by atoms with Crippen LogP contribution in [0.25, 0.3) is 10.9 Å². The van der Waals surface area contributed by atoms with Crippen LogP contribution in [0.3, 0.4) is 0 Å². The van der Waals surface area contributed by atoms with Crippen LogP contribution in [-0.4, -0.2) is 73.9 Å². The van der Waals surface area contributed by atoms with Gasteiger partial charge in [-0.2, -0.15) is 0 Å². The number of piperazine rings is 1. The van der Waals surface area contributed by atoms with Crippen molar-refractivity contribution in [2.45, 2.75) is 51.4 Å². The molecule has 0 spiro atoms. The zero-order chi connectivity index (χ0) is 25.9. The summed E-state index contributed by atoms with van der Waals surface area (Å²) in [6, 6.07) is 18.5. The molecule has 2 aliphatic heterocycles. The van der Waals surface area contributed by atoms with Gasteiger partial charge in [0.05, 0.1) is 12.6 Å². The van der Waals surface area contributed by atoms with Crippen molar-refractivity contribution in [3.05, 3.63) is 87.5 Å². The monoisotopic (exact) mass is 513 g/mol. The number of pyridine rings is 1.